The zero-order valence-electron chi connectivity index (χ0n) is 10.1. The Balaban J connectivity index is 2.11. The summed E-state index contributed by atoms with van der Waals surface area (Å²) in [6.07, 6.45) is 1.97. The molecule has 0 spiro atoms. The minimum Gasteiger partial charge on any atom is -0.394 e. The van der Waals surface area contributed by atoms with Crippen molar-refractivity contribution in [3.8, 4) is 0 Å². The van der Waals surface area contributed by atoms with Crippen molar-refractivity contribution in [2.24, 2.45) is 0 Å². The van der Waals surface area contributed by atoms with Gasteiger partial charge in [0.25, 0.3) is 0 Å². The van der Waals surface area contributed by atoms with E-state index in [0.717, 1.165) is 0 Å². The van der Waals surface area contributed by atoms with E-state index >= 15 is 0 Å². The van der Waals surface area contributed by atoms with E-state index in [4.69, 9.17) is 5.11 Å². The molecule has 0 aromatic carbocycles. The third-order valence-electron chi connectivity index (χ3n) is 2.70. The Hall–Kier alpha value is -1.34. The summed E-state index contributed by atoms with van der Waals surface area (Å²) in [6.45, 7) is 2.35. The molecule has 1 atom stereocenters. The molecule has 2 heterocycles. The van der Waals surface area contributed by atoms with Gasteiger partial charge in [-0.15, -0.1) is 0 Å². The zero-order valence-corrected chi connectivity index (χ0v) is 10.9. The second-order valence-corrected chi connectivity index (χ2v) is 5.55. The summed E-state index contributed by atoms with van der Waals surface area (Å²) in [5.74, 6) is 0.675. The summed E-state index contributed by atoms with van der Waals surface area (Å²) >= 11 is 1.21. The van der Waals surface area contributed by atoms with E-state index in [1.54, 1.807) is 21.8 Å². The summed E-state index contributed by atoms with van der Waals surface area (Å²) in [5, 5.41) is 13.0. The van der Waals surface area contributed by atoms with Gasteiger partial charge in [-0.1, -0.05) is 11.8 Å². The van der Waals surface area contributed by atoms with Gasteiger partial charge in [0, 0.05) is 31.2 Å². The van der Waals surface area contributed by atoms with E-state index in [-0.39, 0.29) is 22.9 Å². The van der Waals surface area contributed by atoms with Crippen LogP contribution in [-0.4, -0.2) is 44.3 Å². The first-order valence-corrected chi connectivity index (χ1v) is 6.60. The molecule has 0 aliphatic carbocycles. The van der Waals surface area contributed by atoms with Gasteiger partial charge in [0.15, 0.2) is 5.12 Å². The van der Waals surface area contributed by atoms with Crippen molar-refractivity contribution in [3.63, 3.8) is 0 Å². The lowest BCUT2D eigenvalue weighted by Gasteiger charge is -2.17. The highest BCUT2D eigenvalue weighted by molar-refractivity contribution is 8.14. The maximum Gasteiger partial charge on any atom is 0.229 e. The number of thioether (sulfide) groups is 1. The Morgan fingerprint density at radius 1 is 1.67 bits per heavy atom. The molecule has 1 fully saturated rings. The van der Waals surface area contributed by atoms with Gasteiger partial charge in [0.1, 0.15) is 5.82 Å². The van der Waals surface area contributed by atoms with Crippen LogP contribution in [0, 0.1) is 0 Å². The molecule has 1 aromatic rings. The van der Waals surface area contributed by atoms with Gasteiger partial charge in [0.05, 0.1) is 19.3 Å². The number of aliphatic hydroxyl groups excluding tert-OH is 1. The van der Waals surface area contributed by atoms with Gasteiger partial charge in [0.2, 0.25) is 5.91 Å². The molecular formula is C11H15N3O3S. The fourth-order valence-electron chi connectivity index (χ4n) is 2.03. The molecule has 1 aromatic heterocycles. The van der Waals surface area contributed by atoms with Crippen LogP contribution in [0.2, 0.25) is 0 Å². The van der Waals surface area contributed by atoms with E-state index in [0.29, 0.717) is 25.3 Å². The highest BCUT2D eigenvalue weighted by atomic mass is 32.2. The first-order valence-electron chi connectivity index (χ1n) is 5.72. The predicted octanol–water partition coefficient (Wildman–Crippen LogP) is 0.260. The molecule has 1 unspecified atom stereocenters. The SMILES string of the molecule is CC(=O)SC1CC(=O)N(c2ccnn2CCO)C1. The highest BCUT2D eigenvalue weighted by Gasteiger charge is 2.33. The summed E-state index contributed by atoms with van der Waals surface area (Å²) in [6, 6.07) is 1.74. The number of carbonyl (C=O) groups is 2. The number of hydrogen-bond acceptors (Lipinski definition) is 5. The van der Waals surface area contributed by atoms with Crippen LogP contribution in [0.1, 0.15) is 13.3 Å². The van der Waals surface area contributed by atoms with Crippen LogP contribution in [0.25, 0.3) is 0 Å². The molecule has 7 heteroatoms. The molecule has 1 saturated heterocycles. The molecule has 98 valence electrons. The predicted molar refractivity (Wildman–Crippen MR) is 68.3 cm³/mol. The summed E-state index contributed by atoms with van der Waals surface area (Å²) in [4.78, 5) is 24.6. The number of anilines is 1. The number of carbonyl (C=O) groups excluding carboxylic acids is 2. The molecule has 1 N–H and O–H groups in total. The molecule has 6 nitrogen and oxygen atoms in total. The molecule has 0 radical (unpaired) electrons. The van der Waals surface area contributed by atoms with E-state index in [9.17, 15) is 9.59 Å². The maximum atomic E-state index is 11.9. The highest BCUT2D eigenvalue weighted by Crippen LogP contribution is 2.28. The third-order valence-corrected chi connectivity index (χ3v) is 3.69. The van der Waals surface area contributed by atoms with E-state index < -0.39 is 0 Å². The van der Waals surface area contributed by atoms with Gasteiger partial charge in [-0.3, -0.25) is 14.5 Å². The van der Waals surface area contributed by atoms with Crippen LogP contribution >= 0.6 is 11.8 Å². The fourth-order valence-corrected chi connectivity index (χ4v) is 2.95. The Bertz CT molecular complexity index is 460. The van der Waals surface area contributed by atoms with Gasteiger partial charge >= 0.3 is 0 Å². The van der Waals surface area contributed by atoms with Crippen molar-refractivity contribution in [1.82, 2.24) is 9.78 Å². The average Bonchev–Trinajstić information content (AvgIpc) is 2.85. The fraction of sp³-hybridized carbons (Fsp3) is 0.545. The number of aromatic nitrogens is 2. The minimum absolute atomic E-state index is 0.00607. The lowest BCUT2D eigenvalue weighted by molar-refractivity contribution is -0.117. The molecule has 0 bridgehead atoms. The third kappa shape index (κ3) is 2.73. The summed E-state index contributed by atoms with van der Waals surface area (Å²) in [7, 11) is 0. The Morgan fingerprint density at radius 3 is 3.11 bits per heavy atom. The second kappa shape index (κ2) is 5.53. The van der Waals surface area contributed by atoms with Gasteiger partial charge in [-0.2, -0.15) is 5.10 Å². The van der Waals surface area contributed by atoms with E-state index in [2.05, 4.69) is 5.10 Å². The van der Waals surface area contributed by atoms with E-state index in [1.807, 2.05) is 0 Å². The number of amides is 1. The van der Waals surface area contributed by atoms with Gasteiger partial charge in [-0.05, 0) is 0 Å². The number of aliphatic hydroxyl groups is 1. The molecule has 2 rings (SSSR count). The van der Waals surface area contributed by atoms with Gasteiger partial charge < -0.3 is 5.11 Å². The average molecular weight is 269 g/mol. The standard InChI is InChI=1S/C11H15N3O3S/c1-8(16)18-9-6-11(17)13(7-9)10-2-3-12-14(10)4-5-15/h2-3,9,15H,4-7H2,1H3. The molecule has 1 amide bonds. The van der Waals surface area contributed by atoms with Crippen molar-refractivity contribution < 1.29 is 14.7 Å². The minimum atomic E-state index is -0.0255. The van der Waals surface area contributed by atoms with Crippen LogP contribution in [-0.2, 0) is 16.1 Å². The quantitative estimate of drug-likeness (QED) is 0.848. The van der Waals surface area contributed by atoms with Crippen LogP contribution in [0.3, 0.4) is 0 Å². The van der Waals surface area contributed by atoms with Crippen molar-refractivity contribution in [2.45, 2.75) is 25.1 Å². The van der Waals surface area contributed by atoms with Gasteiger partial charge in [-0.25, -0.2) is 4.68 Å². The summed E-state index contributed by atoms with van der Waals surface area (Å²) < 4.78 is 1.60. The molecular weight excluding hydrogens is 254 g/mol. The smallest absolute Gasteiger partial charge is 0.229 e. The zero-order chi connectivity index (χ0) is 13.1. The molecule has 1 aliphatic heterocycles. The van der Waals surface area contributed by atoms with Crippen molar-refractivity contribution >= 4 is 28.6 Å². The number of hydrogen-bond donors (Lipinski definition) is 1. The van der Waals surface area contributed by atoms with Crippen LogP contribution in [0.15, 0.2) is 12.3 Å². The molecule has 0 saturated carbocycles. The first-order chi connectivity index (χ1) is 8.61. The maximum absolute atomic E-state index is 11.9. The normalized spacial score (nSPS) is 19.6. The Labute approximate surface area is 109 Å². The summed E-state index contributed by atoms with van der Waals surface area (Å²) in [5.41, 5.74) is 0. The number of nitrogens with zero attached hydrogens (tertiary/aromatic N) is 3. The lowest BCUT2D eigenvalue weighted by Crippen LogP contribution is -2.28. The van der Waals surface area contributed by atoms with E-state index in [1.165, 1.54) is 18.7 Å². The van der Waals surface area contributed by atoms with Crippen LogP contribution < -0.4 is 4.90 Å². The van der Waals surface area contributed by atoms with Crippen molar-refractivity contribution in [1.29, 1.82) is 0 Å². The first kappa shape index (κ1) is 13.1. The van der Waals surface area contributed by atoms with Crippen molar-refractivity contribution in [2.75, 3.05) is 18.1 Å². The van der Waals surface area contributed by atoms with Crippen LogP contribution in [0.4, 0.5) is 5.82 Å². The molecule has 18 heavy (non-hydrogen) atoms. The molecule has 1 aliphatic rings. The topological polar surface area (TPSA) is 75.4 Å². The Kier molecular flexibility index (Phi) is 4.03. The lowest BCUT2D eigenvalue weighted by atomic mass is 10.4. The Morgan fingerprint density at radius 2 is 2.44 bits per heavy atom. The van der Waals surface area contributed by atoms with Crippen molar-refractivity contribution in [3.05, 3.63) is 12.3 Å². The second-order valence-electron chi connectivity index (χ2n) is 4.08. The largest absolute Gasteiger partial charge is 0.394 e. The monoisotopic (exact) mass is 269 g/mol. The van der Waals surface area contributed by atoms with Crippen LogP contribution in [0.5, 0.6) is 0 Å². The number of rotatable bonds is 4.